The molecule has 0 bridgehead atoms. The number of nitrogens with zero attached hydrogens (tertiary/aromatic N) is 2. The SMILES string of the molecule is O=C(NCCCCCCCCCCCCCCCCCCN1CCN(CCCCCCCCCCCCCCCCCCNC(=O)c2ccccc2)CC1)c1ccccc1. The van der Waals surface area contributed by atoms with Crippen LogP contribution < -0.4 is 10.6 Å². The maximum Gasteiger partial charge on any atom is 0.251 e. The number of piperazine rings is 1. The average Bonchev–Trinajstić information content (AvgIpc) is 3.28. The summed E-state index contributed by atoms with van der Waals surface area (Å²) >= 11 is 0. The van der Waals surface area contributed by atoms with Crippen molar-refractivity contribution in [2.45, 2.75) is 205 Å². The standard InChI is InChI=1S/C54H92N4O2/c59-53(51-39-31-29-32-40-51)55-43-35-25-21-17-13-9-5-1-3-7-11-15-19-23-27-37-45-57-47-49-58(50-48-57)46-38-28-24-20-16-12-8-4-2-6-10-14-18-22-26-36-44-56-54(60)52-41-33-30-34-42-52/h29-34,39-42H,1-28,35-38,43-50H2,(H,55,59)(H,56,60). The van der Waals surface area contributed by atoms with Gasteiger partial charge in [0.2, 0.25) is 0 Å². The van der Waals surface area contributed by atoms with Gasteiger partial charge in [0.15, 0.2) is 0 Å². The van der Waals surface area contributed by atoms with E-state index in [1.807, 2.05) is 60.7 Å². The highest BCUT2D eigenvalue weighted by molar-refractivity contribution is 5.94. The molecule has 1 heterocycles. The van der Waals surface area contributed by atoms with E-state index in [1.165, 1.54) is 232 Å². The van der Waals surface area contributed by atoms with E-state index in [0.717, 1.165) is 37.1 Å². The first-order valence-electron chi connectivity index (χ1n) is 25.8. The highest BCUT2D eigenvalue weighted by Crippen LogP contribution is 2.16. The van der Waals surface area contributed by atoms with Crippen LogP contribution in [0, 0.1) is 0 Å². The zero-order valence-electron chi connectivity index (χ0n) is 38.8. The Hall–Kier alpha value is -2.70. The first kappa shape index (κ1) is 51.6. The van der Waals surface area contributed by atoms with Gasteiger partial charge in [-0.05, 0) is 63.0 Å². The molecule has 2 N–H and O–H groups in total. The second kappa shape index (κ2) is 38.0. The molecule has 6 heteroatoms. The summed E-state index contributed by atoms with van der Waals surface area (Å²) in [6, 6.07) is 19.0. The summed E-state index contributed by atoms with van der Waals surface area (Å²) in [5.41, 5.74) is 1.52. The molecule has 1 aliphatic heterocycles. The van der Waals surface area contributed by atoms with Crippen molar-refractivity contribution in [2.24, 2.45) is 0 Å². The molecule has 0 atom stereocenters. The highest BCUT2D eigenvalue weighted by Gasteiger charge is 2.15. The van der Waals surface area contributed by atoms with Crippen LogP contribution in [0.25, 0.3) is 0 Å². The number of amides is 2. The van der Waals surface area contributed by atoms with Gasteiger partial charge in [0.1, 0.15) is 0 Å². The van der Waals surface area contributed by atoms with E-state index < -0.39 is 0 Å². The van der Waals surface area contributed by atoms with Crippen molar-refractivity contribution in [3.8, 4) is 0 Å². The van der Waals surface area contributed by atoms with Crippen molar-refractivity contribution in [1.29, 1.82) is 0 Å². The summed E-state index contributed by atoms with van der Waals surface area (Å²) in [4.78, 5) is 29.6. The maximum absolute atomic E-state index is 12.1. The Morgan fingerprint density at radius 2 is 0.533 bits per heavy atom. The van der Waals surface area contributed by atoms with Gasteiger partial charge in [0, 0.05) is 50.4 Å². The highest BCUT2D eigenvalue weighted by atomic mass is 16.2. The number of unbranched alkanes of at least 4 members (excludes halogenated alkanes) is 30. The van der Waals surface area contributed by atoms with E-state index in [4.69, 9.17) is 0 Å². The summed E-state index contributed by atoms with van der Waals surface area (Å²) < 4.78 is 0. The summed E-state index contributed by atoms with van der Waals surface area (Å²) in [6.45, 7) is 9.37. The number of carbonyl (C=O) groups is 2. The summed E-state index contributed by atoms with van der Waals surface area (Å²) in [7, 11) is 0. The second-order valence-corrected chi connectivity index (χ2v) is 18.2. The van der Waals surface area contributed by atoms with Gasteiger partial charge in [-0.25, -0.2) is 0 Å². The van der Waals surface area contributed by atoms with Crippen LogP contribution in [0.1, 0.15) is 226 Å². The van der Waals surface area contributed by atoms with Gasteiger partial charge in [-0.2, -0.15) is 0 Å². The minimum atomic E-state index is 0.0526. The number of nitrogens with one attached hydrogen (secondary N) is 2. The van der Waals surface area contributed by atoms with Crippen molar-refractivity contribution >= 4 is 11.8 Å². The van der Waals surface area contributed by atoms with Crippen molar-refractivity contribution in [2.75, 3.05) is 52.4 Å². The molecule has 2 aromatic rings. The molecular weight excluding hydrogens is 737 g/mol. The van der Waals surface area contributed by atoms with Crippen LogP contribution in [0.2, 0.25) is 0 Å². The van der Waals surface area contributed by atoms with Gasteiger partial charge < -0.3 is 20.4 Å². The minimum Gasteiger partial charge on any atom is -0.352 e. The predicted molar refractivity (Wildman–Crippen MR) is 258 cm³/mol. The quantitative estimate of drug-likeness (QED) is 0.0657. The second-order valence-electron chi connectivity index (χ2n) is 18.2. The molecule has 6 nitrogen and oxygen atoms in total. The molecular formula is C54H92N4O2. The van der Waals surface area contributed by atoms with Crippen LogP contribution >= 0.6 is 0 Å². The molecule has 1 aliphatic rings. The fraction of sp³-hybridized carbons (Fsp3) is 0.741. The van der Waals surface area contributed by atoms with Crippen LogP contribution in [-0.4, -0.2) is 74.0 Å². The summed E-state index contributed by atoms with van der Waals surface area (Å²) in [5, 5.41) is 6.08. The number of hydrogen-bond donors (Lipinski definition) is 2. The number of hydrogen-bond acceptors (Lipinski definition) is 4. The van der Waals surface area contributed by atoms with Gasteiger partial charge in [0.25, 0.3) is 11.8 Å². The van der Waals surface area contributed by atoms with Crippen LogP contribution in [0.3, 0.4) is 0 Å². The summed E-state index contributed by atoms with van der Waals surface area (Å²) in [6.07, 6.45) is 44.0. The fourth-order valence-corrected chi connectivity index (χ4v) is 8.89. The lowest BCUT2D eigenvalue weighted by atomic mass is 10.0. The molecule has 0 radical (unpaired) electrons. The molecule has 3 rings (SSSR count). The topological polar surface area (TPSA) is 64.7 Å². The summed E-state index contributed by atoms with van der Waals surface area (Å²) in [5.74, 6) is 0.105. The zero-order valence-corrected chi connectivity index (χ0v) is 38.8. The third-order valence-electron chi connectivity index (χ3n) is 12.9. The predicted octanol–water partition coefficient (Wildman–Crippen LogP) is 13.9. The molecule has 60 heavy (non-hydrogen) atoms. The van der Waals surface area contributed by atoms with Gasteiger partial charge in [-0.15, -0.1) is 0 Å². The molecule has 1 saturated heterocycles. The van der Waals surface area contributed by atoms with E-state index in [0.29, 0.717) is 0 Å². The Bertz CT molecular complexity index is 1150. The molecule has 0 aromatic heterocycles. The van der Waals surface area contributed by atoms with E-state index in [9.17, 15) is 9.59 Å². The first-order valence-corrected chi connectivity index (χ1v) is 25.8. The van der Waals surface area contributed by atoms with Gasteiger partial charge in [0.05, 0.1) is 0 Å². The van der Waals surface area contributed by atoms with Crippen LogP contribution in [0.5, 0.6) is 0 Å². The Morgan fingerprint density at radius 1 is 0.317 bits per heavy atom. The Labute approximate surface area is 370 Å². The van der Waals surface area contributed by atoms with Crippen molar-refractivity contribution < 1.29 is 9.59 Å². The molecule has 1 fully saturated rings. The van der Waals surface area contributed by atoms with Crippen LogP contribution in [-0.2, 0) is 0 Å². The monoisotopic (exact) mass is 829 g/mol. The Kier molecular flexibility index (Phi) is 32.7. The molecule has 340 valence electrons. The van der Waals surface area contributed by atoms with E-state index >= 15 is 0 Å². The average molecular weight is 829 g/mol. The van der Waals surface area contributed by atoms with E-state index in [1.54, 1.807) is 0 Å². The lowest BCUT2D eigenvalue weighted by Crippen LogP contribution is -2.46. The normalized spacial score (nSPS) is 13.5. The molecule has 0 unspecified atom stereocenters. The van der Waals surface area contributed by atoms with E-state index in [-0.39, 0.29) is 11.8 Å². The van der Waals surface area contributed by atoms with E-state index in [2.05, 4.69) is 20.4 Å². The first-order chi connectivity index (χ1) is 29.7. The molecule has 0 spiro atoms. The van der Waals surface area contributed by atoms with Crippen LogP contribution in [0.4, 0.5) is 0 Å². The largest absolute Gasteiger partial charge is 0.352 e. The zero-order chi connectivity index (χ0) is 42.2. The molecule has 0 saturated carbocycles. The number of rotatable bonds is 40. The van der Waals surface area contributed by atoms with Crippen molar-refractivity contribution in [1.82, 2.24) is 20.4 Å². The lowest BCUT2D eigenvalue weighted by molar-refractivity contribution is 0.0944. The Morgan fingerprint density at radius 3 is 0.783 bits per heavy atom. The third-order valence-corrected chi connectivity index (χ3v) is 12.9. The number of benzene rings is 2. The molecule has 2 aromatic carbocycles. The van der Waals surface area contributed by atoms with Gasteiger partial charge in [-0.3, -0.25) is 9.59 Å². The third kappa shape index (κ3) is 28.8. The smallest absolute Gasteiger partial charge is 0.251 e. The van der Waals surface area contributed by atoms with Gasteiger partial charge >= 0.3 is 0 Å². The lowest BCUT2D eigenvalue weighted by Gasteiger charge is -2.34. The molecule has 2 amide bonds. The number of carbonyl (C=O) groups excluding carboxylic acids is 2. The minimum absolute atomic E-state index is 0.0526. The van der Waals surface area contributed by atoms with Crippen molar-refractivity contribution in [3.05, 3.63) is 71.8 Å². The van der Waals surface area contributed by atoms with Crippen LogP contribution in [0.15, 0.2) is 60.7 Å². The maximum atomic E-state index is 12.1. The molecule has 0 aliphatic carbocycles. The fourth-order valence-electron chi connectivity index (χ4n) is 8.89. The van der Waals surface area contributed by atoms with Crippen molar-refractivity contribution in [3.63, 3.8) is 0 Å². The Balaban J connectivity index is 0.926. The van der Waals surface area contributed by atoms with Gasteiger partial charge in [-0.1, -0.05) is 216 Å².